The normalized spacial score (nSPS) is 21.1. The van der Waals surface area contributed by atoms with Crippen molar-refractivity contribution < 1.29 is 14.0 Å². The first-order valence-corrected chi connectivity index (χ1v) is 8.28. The second-order valence-corrected chi connectivity index (χ2v) is 6.89. The molecule has 1 fully saturated rings. The van der Waals surface area contributed by atoms with Crippen LogP contribution in [0, 0.1) is 18.7 Å². The van der Waals surface area contributed by atoms with Gasteiger partial charge >= 0.3 is 0 Å². The molecular weight excluding hydrogens is 295 g/mol. The van der Waals surface area contributed by atoms with Gasteiger partial charge in [0, 0.05) is 25.6 Å². The average molecular weight is 318 g/mol. The molecule has 5 heteroatoms. The van der Waals surface area contributed by atoms with E-state index >= 15 is 0 Å². The number of amides is 2. The molecule has 0 aromatic heterocycles. The number of benzene rings is 1. The van der Waals surface area contributed by atoms with Crippen LogP contribution >= 0.6 is 0 Å². The maximum absolute atomic E-state index is 14.4. The number of likely N-dealkylation sites (tertiary alicyclic amines) is 1. The number of hydrogen-bond acceptors (Lipinski definition) is 2. The number of carbonyl (C=O) groups excluding carboxylic acids is 2. The van der Waals surface area contributed by atoms with Gasteiger partial charge in [-0.1, -0.05) is 6.07 Å². The molecule has 0 radical (unpaired) electrons. The molecule has 2 aliphatic rings. The van der Waals surface area contributed by atoms with Gasteiger partial charge in [-0.3, -0.25) is 9.59 Å². The first kappa shape index (κ1) is 16.0. The van der Waals surface area contributed by atoms with Crippen molar-refractivity contribution in [3.63, 3.8) is 0 Å². The Kier molecular flexibility index (Phi) is 4.13. The van der Waals surface area contributed by atoms with E-state index in [2.05, 4.69) is 0 Å². The minimum absolute atomic E-state index is 0.0139. The van der Waals surface area contributed by atoms with E-state index in [4.69, 9.17) is 0 Å². The molecule has 124 valence electrons. The van der Waals surface area contributed by atoms with Crippen LogP contribution in [0.2, 0.25) is 0 Å². The molecule has 1 aromatic rings. The summed E-state index contributed by atoms with van der Waals surface area (Å²) in [6.45, 7) is 6.72. The van der Waals surface area contributed by atoms with Crippen molar-refractivity contribution in [1.82, 2.24) is 4.90 Å². The summed E-state index contributed by atoms with van der Waals surface area (Å²) < 4.78 is 14.4. The Morgan fingerprint density at radius 3 is 2.74 bits per heavy atom. The highest BCUT2D eigenvalue weighted by molar-refractivity contribution is 6.00. The van der Waals surface area contributed by atoms with Crippen molar-refractivity contribution >= 4 is 17.5 Å². The van der Waals surface area contributed by atoms with E-state index in [-0.39, 0.29) is 36.0 Å². The molecule has 2 amide bonds. The number of rotatable bonds is 2. The third-order valence-corrected chi connectivity index (χ3v) is 4.78. The van der Waals surface area contributed by atoms with Crippen LogP contribution in [0.5, 0.6) is 0 Å². The summed E-state index contributed by atoms with van der Waals surface area (Å²) in [5.74, 6) is -0.806. The number of fused-ring (bicyclic) bond motifs is 1. The largest absolute Gasteiger partial charge is 0.339 e. The van der Waals surface area contributed by atoms with Gasteiger partial charge in [0.15, 0.2) is 0 Å². The van der Waals surface area contributed by atoms with Crippen LogP contribution in [0.1, 0.15) is 37.8 Å². The third-order valence-electron chi connectivity index (χ3n) is 4.78. The molecule has 4 nitrogen and oxygen atoms in total. The van der Waals surface area contributed by atoms with Crippen molar-refractivity contribution in [1.29, 1.82) is 0 Å². The summed E-state index contributed by atoms with van der Waals surface area (Å²) in [7, 11) is 0. The predicted molar refractivity (Wildman–Crippen MR) is 86.8 cm³/mol. The Labute approximate surface area is 136 Å². The van der Waals surface area contributed by atoms with Crippen LogP contribution in [0.25, 0.3) is 0 Å². The summed E-state index contributed by atoms with van der Waals surface area (Å²) in [6.07, 6.45) is 1.85. The van der Waals surface area contributed by atoms with E-state index in [0.717, 1.165) is 24.0 Å². The molecule has 2 heterocycles. The zero-order chi connectivity index (χ0) is 16.7. The fraction of sp³-hybridized carbons (Fsp3) is 0.556. The lowest BCUT2D eigenvalue weighted by molar-refractivity contribution is -0.129. The number of carbonyl (C=O) groups is 2. The number of halogens is 1. The van der Waals surface area contributed by atoms with E-state index in [1.165, 1.54) is 6.07 Å². The van der Waals surface area contributed by atoms with E-state index in [9.17, 15) is 14.0 Å². The van der Waals surface area contributed by atoms with Crippen LogP contribution in [-0.2, 0) is 16.0 Å². The minimum Gasteiger partial charge on any atom is -0.339 e. The average Bonchev–Trinajstić information content (AvgIpc) is 2.87. The zero-order valence-corrected chi connectivity index (χ0v) is 13.9. The maximum atomic E-state index is 14.4. The molecule has 0 saturated carbocycles. The van der Waals surface area contributed by atoms with Gasteiger partial charge in [-0.25, -0.2) is 4.39 Å². The van der Waals surface area contributed by atoms with Gasteiger partial charge in [0.25, 0.3) is 0 Å². The van der Waals surface area contributed by atoms with Crippen LogP contribution in [-0.4, -0.2) is 35.8 Å². The highest BCUT2D eigenvalue weighted by Crippen LogP contribution is 2.33. The number of anilines is 1. The van der Waals surface area contributed by atoms with Gasteiger partial charge in [-0.15, -0.1) is 0 Å². The van der Waals surface area contributed by atoms with Crippen molar-refractivity contribution in [3.8, 4) is 0 Å². The molecule has 0 N–H and O–H groups in total. The van der Waals surface area contributed by atoms with Crippen molar-refractivity contribution in [2.24, 2.45) is 5.92 Å². The van der Waals surface area contributed by atoms with Gasteiger partial charge in [-0.05, 0) is 50.8 Å². The maximum Gasteiger partial charge on any atom is 0.232 e. The molecule has 1 atom stereocenters. The topological polar surface area (TPSA) is 40.6 Å². The van der Waals surface area contributed by atoms with Gasteiger partial charge in [0.05, 0.1) is 11.6 Å². The zero-order valence-electron chi connectivity index (χ0n) is 13.9. The number of hydrogen-bond donors (Lipinski definition) is 0. The molecule has 0 bridgehead atoms. The minimum atomic E-state index is -0.364. The molecule has 1 aromatic carbocycles. The van der Waals surface area contributed by atoms with Crippen LogP contribution in [0.3, 0.4) is 0 Å². The second kappa shape index (κ2) is 5.95. The van der Waals surface area contributed by atoms with Gasteiger partial charge in [0.1, 0.15) is 5.82 Å². The molecule has 0 unspecified atom stereocenters. The summed E-state index contributed by atoms with van der Waals surface area (Å²) in [5, 5.41) is 0. The Hall–Kier alpha value is -1.91. The standard InChI is InChI=1S/C18H23FN2O2/c1-11(2)21-10-14(9-16(21)22)18(23)20-6-4-5-13-7-12(3)8-15(19)17(13)20/h7-8,11,14H,4-6,9-10H2,1-3H3/t14-/m0/s1. The highest BCUT2D eigenvalue weighted by atomic mass is 19.1. The Morgan fingerprint density at radius 1 is 1.35 bits per heavy atom. The lowest BCUT2D eigenvalue weighted by Gasteiger charge is -2.32. The summed E-state index contributed by atoms with van der Waals surface area (Å²) >= 11 is 0. The lowest BCUT2D eigenvalue weighted by Crippen LogP contribution is -2.41. The van der Waals surface area contributed by atoms with E-state index in [1.807, 2.05) is 26.8 Å². The van der Waals surface area contributed by atoms with E-state index < -0.39 is 0 Å². The summed E-state index contributed by atoms with van der Waals surface area (Å²) in [6, 6.07) is 3.52. The highest BCUT2D eigenvalue weighted by Gasteiger charge is 2.39. The first-order valence-electron chi connectivity index (χ1n) is 8.28. The predicted octanol–water partition coefficient (Wildman–Crippen LogP) is 2.67. The van der Waals surface area contributed by atoms with E-state index in [0.29, 0.717) is 18.8 Å². The molecule has 0 spiro atoms. The van der Waals surface area contributed by atoms with Gasteiger partial charge in [-0.2, -0.15) is 0 Å². The SMILES string of the molecule is Cc1cc(F)c2c(c1)CCCN2C(=O)[C@H]1CC(=O)N(C(C)C)C1. The monoisotopic (exact) mass is 318 g/mol. The smallest absolute Gasteiger partial charge is 0.232 e. The fourth-order valence-corrected chi connectivity index (χ4v) is 3.68. The second-order valence-electron chi connectivity index (χ2n) is 6.89. The summed E-state index contributed by atoms with van der Waals surface area (Å²) in [4.78, 5) is 28.2. The Balaban J connectivity index is 1.87. The molecule has 3 rings (SSSR count). The Bertz CT molecular complexity index is 657. The van der Waals surface area contributed by atoms with Crippen molar-refractivity contribution in [2.75, 3.05) is 18.0 Å². The molecule has 2 aliphatic heterocycles. The third kappa shape index (κ3) is 2.84. The van der Waals surface area contributed by atoms with Crippen LogP contribution in [0.4, 0.5) is 10.1 Å². The van der Waals surface area contributed by atoms with Crippen molar-refractivity contribution in [2.45, 2.75) is 46.1 Å². The molecule has 23 heavy (non-hydrogen) atoms. The molecule has 0 aliphatic carbocycles. The molecular formula is C18H23FN2O2. The Morgan fingerprint density at radius 2 is 2.09 bits per heavy atom. The first-order chi connectivity index (χ1) is 10.9. The quantitative estimate of drug-likeness (QED) is 0.841. The lowest BCUT2D eigenvalue weighted by atomic mass is 9.97. The van der Waals surface area contributed by atoms with E-state index in [1.54, 1.807) is 9.80 Å². The summed E-state index contributed by atoms with van der Waals surface area (Å²) in [5.41, 5.74) is 2.19. The van der Waals surface area contributed by atoms with Gasteiger partial charge in [0.2, 0.25) is 11.8 Å². The number of nitrogens with zero attached hydrogens (tertiary/aromatic N) is 2. The number of aryl methyl sites for hydroxylation is 2. The molecule has 1 saturated heterocycles. The van der Waals surface area contributed by atoms with Crippen molar-refractivity contribution in [3.05, 3.63) is 29.1 Å². The van der Waals surface area contributed by atoms with Crippen LogP contribution in [0.15, 0.2) is 12.1 Å². The van der Waals surface area contributed by atoms with Crippen LogP contribution < -0.4 is 4.90 Å². The van der Waals surface area contributed by atoms with Gasteiger partial charge < -0.3 is 9.80 Å². The fourth-order valence-electron chi connectivity index (χ4n) is 3.68.